The Morgan fingerprint density at radius 1 is 1.25 bits per heavy atom. The summed E-state index contributed by atoms with van der Waals surface area (Å²) < 4.78 is 51.8. The van der Waals surface area contributed by atoms with Gasteiger partial charge < -0.3 is 14.6 Å². The van der Waals surface area contributed by atoms with Crippen molar-refractivity contribution in [3.8, 4) is 0 Å². The lowest BCUT2D eigenvalue weighted by molar-refractivity contribution is -0.576. The minimum atomic E-state index is -2.95. The van der Waals surface area contributed by atoms with Gasteiger partial charge in [0, 0.05) is 23.7 Å². The molecule has 0 radical (unpaired) electrons. The molecule has 1 spiro atoms. The molecule has 20 heavy (non-hydrogen) atoms. The van der Waals surface area contributed by atoms with Gasteiger partial charge in [0.1, 0.15) is 0 Å². The molecule has 1 saturated carbocycles. The fourth-order valence-electron chi connectivity index (χ4n) is 4.38. The average Bonchev–Trinajstić information content (AvgIpc) is 2.69. The van der Waals surface area contributed by atoms with Crippen LogP contribution < -0.4 is 0 Å². The van der Waals surface area contributed by atoms with Crippen LogP contribution in [-0.4, -0.2) is 29.1 Å². The fourth-order valence-corrected chi connectivity index (χ4v) is 4.38. The molecule has 5 heteroatoms. The molecule has 5 aliphatic rings. The first-order chi connectivity index (χ1) is 11.4. The zero-order chi connectivity index (χ0) is 18.5. The topological polar surface area (TPSA) is 57.2 Å². The number of hydrogen-bond donors (Lipinski definition) is 1. The Hall–Kier alpha value is -0.200. The van der Waals surface area contributed by atoms with E-state index in [0.717, 1.165) is 0 Å². The smallest absolute Gasteiger partial charge is 0.201 e. The largest absolute Gasteiger partial charge is 0.368 e. The lowest BCUT2D eigenvalue weighted by Crippen LogP contribution is -2.70. The SMILES string of the molecule is [2H]C([2H])([2H])[C@]1([2H])C2CC[C@@H](C)C3CC[C@@]4(C)OO[C@]32[C@@H](O4)O[C@@]1([2H])O. The van der Waals surface area contributed by atoms with Crippen molar-refractivity contribution < 1.29 is 31.2 Å². The van der Waals surface area contributed by atoms with Crippen LogP contribution in [0.1, 0.15) is 53.2 Å². The molecule has 2 bridgehead atoms. The molecule has 1 N–H and O–H groups in total. The Bertz CT molecular complexity index is 585. The molecule has 0 aromatic heterocycles. The predicted molar refractivity (Wildman–Crippen MR) is 69.0 cm³/mol. The molecule has 8 atom stereocenters. The van der Waals surface area contributed by atoms with Crippen molar-refractivity contribution >= 4 is 0 Å². The second-order valence-corrected chi connectivity index (χ2v) is 6.69. The van der Waals surface area contributed by atoms with Crippen LogP contribution in [0.4, 0.5) is 0 Å². The molecule has 4 heterocycles. The van der Waals surface area contributed by atoms with Gasteiger partial charge in [-0.05, 0) is 38.0 Å². The van der Waals surface area contributed by atoms with Crippen molar-refractivity contribution in [3.05, 3.63) is 0 Å². The average molecular weight is 289 g/mol. The zero-order valence-corrected chi connectivity index (χ0v) is 11.7. The molecule has 0 aromatic rings. The Morgan fingerprint density at radius 3 is 2.90 bits per heavy atom. The standard InChI is InChI=1S/C15H24O5/c1-8-4-5-11-9(2)12(16)17-13-15(11)10(8)6-7-14(3,18-13)19-20-15/h8-13,16H,4-7H2,1-3H3/t8-,9-,10?,11?,12-,13-,14-,15-/m1/s1/i2D3,9D,12D. The van der Waals surface area contributed by atoms with Gasteiger partial charge >= 0.3 is 0 Å². The minimum Gasteiger partial charge on any atom is -0.368 e. The van der Waals surface area contributed by atoms with Gasteiger partial charge in [-0.15, -0.1) is 0 Å². The van der Waals surface area contributed by atoms with Gasteiger partial charge in [0.15, 0.2) is 18.2 Å². The van der Waals surface area contributed by atoms with Crippen molar-refractivity contribution in [1.82, 2.24) is 0 Å². The number of ether oxygens (including phenoxy) is 2. The summed E-state index contributed by atoms with van der Waals surface area (Å²) in [5.74, 6) is -4.62. The van der Waals surface area contributed by atoms with Gasteiger partial charge in [0.2, 0.25) is 5.79 Å². The van der Waals surface area contributed by atoms with E-state index in [1.165, 1.54) is 0 Å². The zero-order valence-electron chi connectivity index (χ0n) is 16.7. The van der Waals surface area contributed by atoms with Crippen molar-refractivity contribution in [2.45, 2.75) is 70.3 Å². The number of aliphatic hydroxyl groups is 1. The van der Waals surface area contributed by atoms with Crippen LogP contribution in [0.5, 0.6) is 0 Å². The van der Waals surface area contributed by atoms with Crippen LogP contribution in [0.25, 0.3) is 0 Å². The first kappa shape index (κ1) is 9.06. The number of rotatable bonds is 0. The molecule has 0 amide bonds. The highest BCUT2D eigenvalue weighted by atomic mass is 17.3. The van der Waals surface area contributed by atoms with E-state index in [2.05, 4.69) is 6.92 Å². The highest BCUT2D eigenvalue weighted by molar-refractivity contribution is 5.08. The molecule has 2 unspecified atom stereocenters. The Kier molecular flexibility index (Phi) is 1.89. The summed E-state index contributed by atoms with van der Waals surface area (Å²) in [6.45, 7) is 0.796. The number of fused-ring (bicyclic) bond motifs is 2. The molecule has 4 aliphatic heterocycles. The molecule has 5 rings (SSSR count). The van der Waals surface area contributed by atoms with Gasteiger partial charge in [-0.25, -0.2) is 9.78 Å². The van der Waals surface area contributed by atoms with E-state index in [1.807, 2.05) is 0 Å². The summed E-state index contributed by atoms with van der Waals surface area (Å²) in [5, 5.41) is 10.6. The third-order valence-corrected chi connectivity index (χ3v) is 5.52. The molecule has 1 aliphatic carbocycles. The maximum Gasteiger partial charge on any atom is 0.201 e. The van der Waals surface area contributed by atoms with E-state index in [0.29, 0.717) is 25.7 Å². The van der Waals surface area contributed by atoms with Gasteiger partial charge in [0.05, 0.1) is 1.37 Å². The second-order valence-electron chi connectivity index (χ2n) is 6.69. The monoisotopic (exact) mass is 289 g/mol. The highest BCUT2D eigenvalue weighted by Gasteiger charge is 2.69. The third-order valence-electron chi connectivity index (χ3n) is 5.52. The van der Waals surface area contributed by atoms with Crippen molar-refractivity contribution in [1.29, 1.82) is 0 Å². The molecular weight excluding hydrogens is 260 g/mol. The lowest BCUT2D eigenvalue weighted by atomic mass is 9.58. The van der Waals surface area contributed by atoms with Gasteiger partial charge in [-0.2, -0.15) is 0 Å². The Balaban J connectivity index is 1.92. The van der Waals surface area contributed by atoms with Crippen LogP contribution in [-0.2, 0) is 19.2 Å². The number of hydrogen-bond acceptors (Lipinski definition) is 5. The van der Waals surface area contributed by atoms with Crippen LogP contribution in [0.2, 0.25) is 0 Å². The van der Waals surface area contributed by atoms with Crippen LogP contribution in [0, 0.1) is 23.6 Å². The van der Waals surface area contributed by atoms with Crippen LogP contribution in [0.15, 0.2) is 0 Å². The molecule has 5 fully saturated rings. The third kappa shape index (κ3) is 1.56. The van der Waals surface area contributed by atoms with Crippen molar-refractivity contribution in [2.24, 2.45) is 23.6 Å². The van der Waals surface area contributed by atoms with E-state index >= 15 is 0 Å². The fraction of sp³-hybridized carbons (Fsp3) is 1.00. The quantitative estimate of drug-likeness (QED) is 0.693. The van der Waals surface area contributed by atoms with Gasteiger partial charge in [0.25, 0.3) is 0 Å². The van der Waals surface area contributed by atoms with Crippen molar-refractivity contribution in [2.75, 3.05) is 0 Å². The summed E-state index contributed by atoms with van der Waals surface area (Å²) in [6.07, 6.45) is -1.93. The first-order valence-electron chi connectivity index (χ1n) is 9.82. The lowest BCUT2D eigenvalue weighted by Gasteiger charge is -2.59. The predicted octanol–water partition coefficient (Wildman–Crippen LogP) is 2.19. The van der Waals surface area contributed by atoms with Gasteiger partial charge in [-0.1, -0.05) is 13.8 Å². The van der Waals surface area contributed by atoms with E-state index in [4.69, 9.17) is 26.1 Å². The van der Waals surface area contributed by atoms with E-state index in [9.17, 15) is 5.11 Å². The van der Waals surface area contributed by atoms with Crippen molar-refractivity contribution in [3.63, 3.8) is 0 Å². The second kappa shape index (κ2) is 4.17. The summed E-state index contributed by atoms with van der Waals surface area (Å²) in [7, 11) is 0. The van der Waals surface area contributed by atoms with E-state index in [1.54, 1.807) is 6.92 Å². The Labute approximate surface area is 126 Å². The molecule has 5 nitrogen and oxygen atoms in total. The summed E-state index contributed by atoms with van der Waals surface area (Å²) in [6, 6.07) is 0. The van der Waals surface area contributed by atoms with E-state index in [-0.39, 0.29) is 11.8 Å². The highest BCUT2D eigenvalue weighted by Crippen LogP contribution is 2.60. The first-order valence-corrected chi connectivity index (χ1v) is 7.32. The normalized spacial score (nSPS) is 73.5. The molecule has 114 valence electrons. The van der Waals surface area contributed by atoms with Gasteiger partial charge in [-0.3, -0.25) is 0 Å². The van der Waals surface area contributed by atoms with E-state index < -0.39 is 42.6 Å². The molecule has 0 aromatic carbocycles. The van der Waals surface area contributed by atoms with Crippen LogP contribution >= 0.6 is 0 Å². The maximum absolute atomic E-state index is 10.6. The Morgan fingerprint density at radius 2 is 2.10 bits per heavy atom. The molecular formula is C15H24O5. The summed E-state index contributed by atoms with van der Waals surface area (Å²) in [5.41, 5.74) is -1.32. The molecule has 4 saturated heterocycles. The maximum atomic E-state index is 10.6. The minimum absolute atomic E-state index is 0.149. The summed E-state index contributed by atoms with van der Waals surface area (Å²) in [4.78, 5) is 11.3. The van der Waals surface area contributed by atoms with Crippen LogP contribution in [0.3, 0.4) is 0 Å². The summed E-state index contributed by atoms with van der Waals surface area (Å²) >= 11 is 0.